The minimum atomic E-state index is -0.580. The smallest absolute Gasteiger partial charge is 0.243 e. The summed E-state index contributed by atoms with van der Waals surface area (Å²) in [5, 5.41) is 2.70. The lowest BCUT2D eigenvalue weighted by Crippen LogP contribution is -2.38. The molecule has 110 valence electrons. The molecule has 2 rings (SSSR count). The van der Waals surface area contributed by atoms with Crippen LogP contribution in [0.15, 0.2) is 42.7 Å². The highest BCUT2D eigenvalue weighted by atomic mass is 35.5. The molecule has 0 aliphatic heterocycles. The molecule has 20 heavy (non-hydrogen) atoms. The van der Waals surface area contributed by atoms with Crippen LogP contribution < -0.4 is 11.1 Å². The summed E-state index contributed by atoms with van der Waals surface area (Å²) < 4.78 is 1.73. The largest absolute Gasteiger partial charge is 0.320 e. The number of anilines is 1. The zero-order chi connectivity index (χ0) is 13.0. The molecular weight excluding hydrogens is 299 g/mol. The Morgan fingerprint density at radius 3 is 2.55 bits per heavy atom. The topological polar surface area (TPSA) is 72.9 Å². The molecule has 1 aromatic carbocycles. The van der Waals surface area contributed by atoms with Gasteiger partial charge in [-0.05, 0) is 12.0 Å². The Kier molecular flexibility index (Phi) is 7.91. The summed E-state index contributed by atoms with van der Waals surface area (Å²) in [6.45, 7) is 0. The normalized spacial score (nSPS) is 10.9. The molecule has 5 nitrogen and oxygen atoms in total. The van der Waals surface area contributed by atoms with Gasteiger partial charge in [-0.3, -0.25) is 10.1 Å². The number of nitrogens with zero attached hydrogens (tertiary/aromatic N) is 2. The minimum Gasteiger partial charge on any atom is -0.320 e. The number of nitrogens with two attached hydrogens (primary N) is 1. The maximum atomic E-state index is 11.9. The summed E-state index contributed by atoms with van der Waals surface area (Å²) >= 11 is 0. The number of aromatic nitrogens is 2. The SMILES string of the molecule is Cl.Cl.Cn1ccnc1NC(=O)C(N)Cc1ccccc1. The number of halogens is 2. The van der Waals surface area contributed by atoms with Gasteiger partial charge < -0.3 is 10.3 Å². The quantitative estimate of drug-likeness (QED) is 0.903. The Morgan fingerprint density at radius 2 is 2.00 bits per heavy atom. The zero-order valence-electron chi connectivity index (χ0n) is 11.0. The van der Waals surface area contributed by atoms with Gasteiger partial charge in [-0.25, -0.2) is 4.98 Å². The second-order valence-electron chi connectivity index (χ2n) is 4.15. The number of hydrogen-bond acceptors (Lipinski definition) is 3. The number of nitrogens with one attached hydrogen (secondary N) is 1. The van der Waals surface area contributed by atoms with Gasteiger partial charge in [-0.1, -0.05) is 30.3 Å². The first-order valence-electron chi connectivity index (χ1n) is 5.74. The molecule has 0 bridgehead atoms. The van der Waals surface area contributed by atoms with Gasteiger partial charge in [0.2, 0.25) is 11.9 Å². The Hall–Kier alpha value is -1.56. The van der Waals surface area contributed by atoms with E-state index < -0.39 is 6.04 Å². The fourth-order valence-corrected chi connectivity index (χ4v) is 1.65. The number of amides is 1. The van der Waals surface area contributed by atoms with Crippen molar-refractivity contribution in [1.29, 1.82) is 0 Å². The van der Waals surface area contributed by atoms with Crippen molar-refractivity contribution in [2.75, 3.05) is 5.32 Å². The summed E-state index contributed by atoms with van der Waals surface area (Å²) in [7, 11) is 1.81. The Morgan fingerprint density at radius 1 is 1.35 bits per heavy atom. The van der Waals surface area contributed by atoms with E-state index in [0.29, 0.717) is 12.4 Å². The number of carbonyl (C=O) groups excluding carboxylic acids is 1. The van der Waals surface area contributed by atoms with Crippen LogP contribution in [0, 0.1) is 0 Å². The van der Waals surface area contributed by atoms with Gasteiger partial charge in [0.25, 0.3) is 0 Å². The van der Waals surface area contributed by atoms with Crippen LogP contribution in [0.25, 0.3) is 0 Å². The molecule has 7 heteroatoms. The number of imidazole rings is 1. The third-order valence-electron chi connectivity index (χ3n) is 2.69. The first kappa shape index (κ1) is 18.4. The maximum Gasteiger partial charge on any atom is 0.243 e. The first-order valence-corrected chi connectivity index (χ1v) is 5.74. The molecule has 0 aliphatic carbocycles. The average molecular weight is 317 g/mol. The lowest BCUT2D eigenvalue weighted by Gasteiger charge is -2.11. The average Bonchev–Trinajstić information content (AvgIpc) is 2.76. The predicted octanol–water partition coefficient (Wildman–Crippen LogP) is 1.77. The van der Waals surface area contributed by atoms with Crippen molar-refractivity contribution in [3.63, 3.8) is 0 Å². The molecule has 0 saturated carbocycles. The van der Waals surface area contributed by atoms with Crippen molar-refractivity contribution in [3.8, 4) is 0 Å². The van der Waals surface area contributed by atoms with E-state index in [1.54, 1.807) is 17.0 Å². The van der Waals surface area contributed by atoms with Crippen molar-refractivity contribution >= 4 is 36.7 Å². The van der Waals surface area contributed by atoms with Gasteiger partial charge >= 0.3 is 0 Å². The fourth-order valence-electron chi connectivity index (χ4n) is 1.65. The second kappa shape index (κ2) is 8.58. The van der Waals surface area contributed by atoms with Gasteiger partial charge in [0.1, 0.15) is 0 Å². The molecule has 1 heterocycles. The number of carbonyl (C=O) groups is 1. The lowest BCUT2D eigenvalue weighted by atomic mass is 10.1. The van der Waals surface area contributed by atoms with E-state index >= 15 is 0 Å². The third-order valence-corrected chi connectivity index (χ3v) is 2.69. The molecule has 1 unspecified atom stereocenters. The van der Waals surface area contributed by atoms with Gasteiger partial charge in [-0.2, -0.15) is 0 Å². The van der Waals surface area contributed by atoms with E-state index in [-0.39, 0.29) is 30.7 Å². The highest BCUT2D eigenvalue weighted by molar-refractivity contribution is 5.93. The van der Waals surface area contributed by atoms with Crippen molar-refractivity contribution in [1.82, 2.24) is 9.55 Å². The highest BCUT2D eigenvalue weighted by Gasteiger charge is 2.15. The summed E-state index contributed by atoms with van der Waals surface area (Å²) in [4.78, 5) is 15.9. The molecule has 0 spiro atoms. The predicted molar refractivity (Wildman–Crippen MR) is 84.5 cm³/mol. The molecule has 0 saturated heterocycles. The van der Waals surface area contributed by atoms with E-state index in [9.17, 15) is 4.79 Å². The van der Waals surface area contributed by atoms with E-state index in [1.165, 1.54) is 0 Å². The molecule has 0 fully saturated rings. The first-order chi connectivity index (χ1) is 8.66. The van der Waals surface area contributed by atoms with Crippen LogP contribution in [-0.4, -0.2) is 21.5 Å². The van der Waals surface area contributed by atoms with Gasteiger partial charge in [-0.15, -0.1) is 24.8 Å². The standard InChI is InChI=1S/C13H16N4O.2ClH/c1-17-8-7-15-13(17)16-12(18)11(14)9-10-5-3-2-4-6-10;;/h2-8,11H,9,14H2,1H3,(H,15,16,18);2*1H. The van der Waals surface area contributed by atoms with Crippen molar-refractivity contribution in [2.24, 2.45) is 12.8 Å². The monoisotopic (exact) mass is 316 g/mol. The number of benzene rings is 1. The van der Waals surface area contributed by atoms with Crippen LogP contribution in [-0.2, 0) is 18.3 Å². The second-order valence-corrected chi connectivity index (χ2v) is 4.15. The summed E-state index contributed by atoms with van der Waals surface area (Å²) in [6, 6.07) is 9.12. The Balaban J connectivity index is 0.00000180. The number of aryl methyl sites for hydroxylation is 1. The van der Waals surface area contributed by atoms with Crippen LogP contribution in [0.3, 0.4) is 0 Å². The van der Waals surface area contributed by atoms with Crippen LogP contribution in [0.1, 0.15) is 5.56 Å². The Labute approximate surface area is 130 Å². The van der Waals surface area contributed by atoms with Gasteiger partial charge in [0.15, 0.2) is 0 Å². The fraction of sp³-hybridized carbons (Fsp3) is 0.231. The molecular formula is C13H18Cl2N4O. The summed E-state index contributed by atoms with van der Waals surface area (Å²) in [5.74, 6) is 0.275. The molecule has 0 aliphatic rings. The van der Waals surface area contributed by atoms with Crippen LogP contribution in [0.4, 0.5) is 5.95 Å². The summed E-state index contributed by atoms with van der Waals surface area (Å²) in [6.07, 6.45) is 3.90. The van der Waals surface area contributed by atoms with E-state index in [4.69, 9.17) is 5.73 Å². The van der Waals surface area contributed by atoms with E-state index in [2.05, 4.69) is 10.3 Å². The lowest BCUT2D eigenvalue weighted by molar-refractivity contribution is -0.117. The van der Waals surface area contributed by atoms with Crippen molar-refractivity contribution in [3.05, 3.63) is 48.3 Å². The van der Waals surface area contributed by atoms with E-state index in [1.807, 2.05) is 37.4 Å². The van der Waals surface area contributed by atoms with Crippen molar-refractivity contribution < 1.29 is 4.79 Å². The summed E-state index contributed by atoms with van der Waals surface area (Å²) in [5.41, 5.74) is 6.91. The van der Waals surface area contributed by atoms with E-state index in [0.717, 1.165) is 5.56 Å². The molecule has 1 atom stereocenters. The van der Waals surface area contributed by atoms with Crippen LogP contribution in [0.2, 0.25) is 0 Å². The molecule has 1 amide bonds. The zero-order valence-corrected chi connectivity index (χ0v) is 12.7. The van der Waals surface area contributed by atoms with Crippen molar-refractivity contribution in [2.45, 2.75) is 12.5 Å². The van der Waals surface area contributed by atoms with Crippen LogP contribution >= 0.6 is 24.8 Å². The Bertz CT molecular complexity index is 530. The van der Waals surface area contributed by atoms with Gasteiger partial charge in [0, 0.05) is 19.4 Å². The molecule has 0 radical (unpaired) electrons. The van der Waals surface area contributed by atoms with Gasteiger partial charge in [0.05, 0.1) is 6.04 Å². The highest BCUT2D eigenvalue weighted by Crippen LogP contribution is 2.05. The minimum absolute atomic E-state index is 0. The third kappa shape index (κ3) is 4.85. The molecule has 1 aromatic heterocycles. The number of hydrogen-bond donors (Lipinski definition) is 2. The number of rotatable bonds is 4. The maximum absolute atomic E-state index is 11.9. The molecule has 3 N–H and O–H groups in total. The molecule has 2 aromatic rings. The van der Waals surface area contributed by atoms with Crippen LogP contribution in [0.5, 0.6) is 0 Å².